The Kier molecular flexibility index (Phi) is 4.01. The second-order valence-corrected chi connectivity index (χ2v) is 4.46. The van der Waals surface area contributed by atoms with E-state index in [2.05, 4.69) is 5.43 Å². The number of benzene rings is 1. The second-order valence-electron chi connectivity index (χ2n) is 4.08. The number of aryl methyl sites for hydroxylation is 1. The molecule has 2 aromatic rings. The molecule has 1 aromatic heterocycles. The molecular weight excluding hydrogens is 255 g/mol. The summed E-state index contributed by atoms with van der Waals surface area (Å²) in [5.74, 6) is 6.58. The molecule has 2 rings (SSSR count). The average molecular weight is 269 g/mol. The first kappa shape index (κ1) is 13.1. The summed E-state index contributed by atoms with van der Waals surface area (Å²) in [5.41, 5.74) is 3.34. The molecule has 0 aliphatic carbocycles. The summed E-state index contributed by atoms with van der Waals surface area (Å²) < 4.78 is 18.8. The molecule has 0 aliphatic rings. The van der Waals surface area contributed by atoms with E-state index in [-0.39, 0.29) is 11.1 Å². The van der Waals surface area contributed by atoms with Crippen molar-refractivity contribution in [3.05, 3.63) is 58.3 Å². The monoisotopic (exact) mass is 268 g/mol. The summed E-state index contributed by atoms with van der Waals surface area (Å²) in [6.45, 7) is 1.85. The third-order valence-corrected chi connectivity index (χ3v) is 3.18. The SMILES string of the molecule is Cc1ccc(C(Cc2cccc(F)c2Cl)NN)o1. The molecule has 3 N–H and O–H groups in total. The van der Waals surface area contributed by atoms with Gasteiger partial charge < -0.3 is 4.42 Å². The number of hydrazine groups is 1. The minimum absolute atomic E-state index is 0.126. The van der Waals surface area contributed by atoms with E-state index >= 15 is 0 Å². The molecule has 1 unspecified atom stereocenters. The van der Waals surface area contributed by atoms with E-state index in [1.807, 2.05) is 19.1 Å². The van der Waals surface area contributed by atoms with Gasteiger partial charge in [-0.3, -0.25) is 5.84 Å². The number of furan rings is 1. The van der Waals surface area contributed by atoms with Crippen molar-refractivity contribution in [3.8, 4) is 0 Å². The van der Waals surface area contributed by atoms with Gasteiger partial charge in [-0.1, -0.05) is 23.7 Å². The van der Waals surface area contributed by atoms with Crippen LogP contribution in [0.3, 0.4) is 0 Å². The molecule has 18 heavy (non-hydrogen) atoms. The van der Waals surface area contributed by atoms with Crippen LogP contribution in [0.25, 0.3) is 0 Å². The Morgan fingerprint density at radius 2 is 2.17 bits per heavy atom. The number of hydrogen-bond donors (Lipinski definition) is 2. The van der Waals surface area contributed by atoms with Gasteiger partial charge in [-0.15, -0.1) is 0 Å². The van der Waals surface area contributed by atoms with Crippen LogP contribution in [0, 0.1) is 12.7 Å². The van der Waals surface area contributed by atoms with Gasteiger partial charge in [0.25, 0.3) is 0 Å². The number of rotatable bonds is 4. The minimum atomic E-state index is -0.430. The predicted molar refractivity (Wildman–Crippen MR) is 68.6 cm³/mol. The van der Waals surface area contributed by atoms with E-state index in [1.54, 1.807) is 12.1 Å². The van der Waals surface area contributed by atoms with Gasteiger partial charge in [0.05, 0.1) is 11.1 Å². The molecule has 1 heterocycles. The molecule has 0 saturated heterocycles. The smallest absolute Gasteiger partial charge is 0.142 e. The van der Waals surface area contributed by atoms with Crippen molar-refractivity contribution in [3.63, 3.8) is 0 Å². The van der Waals surface area contributed by atoms with Crippen LogP contribution in [-0.2, 0) is 6.42 Å². The van der Waals surface area contributed by atoms with Crippen molar-refractivity contribution >= 4 is 11.6 Å². The first-order valence-electron chi connectivity index (χ1n) is 5.57. The molecule has 0 spiro atoms. The van der Waals surface area contributed by atoms with Crippen LogP contribution in [0.1, 0.15) is 23.1 Å². The van der Waals surface area contributed by atoms with Crippen LogP contribution >= 0.6 is 11.6 Å². The summed E-state index contributed by atoms with van der Waals surface area (Å²) in [7, 11) is 0. The molecule has 0 amide bonds. The van der Waals surface area contributed by atoms with E-state index in [4.69, 9.17) is 21.9 Å². The zero-order chi connectivity index (χ0) is 13.1. The third-order valence-electron chi connectivity index (χ3n) is 2.76. The van der Waals surface area contributed by atoms with Crippen LogP contribution in [0.2, 0.25) is 5.02 Å². The van der Waals surface area contributed by atoms with Gasteiger partial charge in [0.2, 0.25) is 0 Å². The molecule has 0 aliphatic heterocycles. The van der Waals surface area contributed by atoms with E-state index < -0.39 is 5.82 Å². The lowest BCUT2D eigenvalue weighted by molar-refractivity contribution is 0.402. The Morgan fingerprint density at radius 1 is 1.39 bits per heavy atom. The molecule has 96 valence electrons. The fourth-order valence-electron chi connectivity index (χ4n) is 1.81. The van der Waals surface area contributed by atoms with Gasteiger partial charge >= 0.3 is 0 Å². The van der Waals surface area contributed by atoms with Gasteiger partial charge in [0.15, 0.2) is 0 Å². The number of nitrogens with two attached hydrogens (primary N) is 1. The third kappa shape index (κ3) is 2.72. The van der Waals surface area contributed by atoms with Crippen LogP contribution < -0.4 is 11.3 Å². The molecule has 3 nitrogen and oxygen atoms in total. The van der Waals surface area contributed by atoms with E-state index in [0.29, 0.717) is 17.7 Å². The van der Waals surface area contributed by atoms with Crippen molar-refractivity contribution in [2.24, 2.45) is 5.84 Å². The van der Waals surface area contributed by atoms with Crippen molar-refractivity contribution in [1.82, 2.24) is 5.43 Å². The summed E-state index contributed by atoms with van der Waals surface area (Å²) in [5, 5.41) is 0.126. The maximum atomic E-state index is 13.3. The highest BCUT2D eigenvalue weighted by atomic mass is 35.5. The lowest BCUT2D eigenvalue weighted by Gasteiger charge is -2.14. The van der Waals surface area contributed by atoms with Crippen molar-refractivity contribution in [1.29, 1.82) is 0 Å². The minimum Gasteiger partial charge on any atom is -0.465 e. The average Bonchev–Trinajstić information content (AvgIpc) is 2.78. The molecule has 1 atom stereocenters. The van der Waals surface area contributed by atoms with Gasteiger partial charge in [-0.2, -0.15) is 0 Å². The highest BCUT2D eigenvalue weighted by Crippen LogP contribution is 2.26. The van der Waals surface area contributed by atoms with Crippen molar-refractivity contribution in [2.75, 3.05) is 0 Å². The fraction of sp³-hybridized carbons (Fsp3) is 0.231. The Morgan fingerprint density at radius 3 is 2.78 bits per heavy atom. The normalized spacial score (nSPS) is 12.7. The van der Waals surface area contributed by atoms with Crippen LogP contribution in [-0.4, -0.2) is 0 Å². The fourth-order valence-corrected chi connectivity index (χ4v) is 2.01. The largest absolute Gasteiger partial charge is 0.465 e. The molecule has 0 saturated carbocycles. The topological polar surface area (TPSA) is 51.2 Å². The molecule has 0 radical (unpaired) electrons. The molecule has 0 bridgehead atoms. The van der Waals surface area contributed by atoms with Gasteiger partial charge in [0.1, 0.15) is 17.3 Å². The van der Waals surface area contributed by atoms with Crippen molar-refractivity contribution < 1.29 is 8.81 Å². The Bertz CT molecular complexity index is 542. The Balaban J connectivity index is 2.23. The highest BCUT2D eigenvalue weighted by Gasteiger charge is 2.16. The van der Waals surface area contributed by atoms with Gasteiger partial charge in [-0.25, -0.2) is 9.82 Å². The Labute approximate surface area is 110 Å². The lowest BCUT2D eigenvalue weighted by Crippen LogP contribution is -2.29. The zero-order valence-corrected chi connectivity index (χ0v) is 10.7. The highest BCUT2D eigenvalue weighted by molar-refractivity contribution is 6.31. The lowest BCUT2D eigenvalue weighted by atomic mass is 10.0. The van der Waals surface area contributed by atoms with E-state index in [9.17, 15) is 4.39 Å². The predicted octanol–water partition coefficient (Wildman–Crippen LogP) is 3.13. The van der Waals surface area contributed by atoms with Crippen molar-refractivity contribution in [2.45, 2.75) is 19.4 Å². The first-order chi connectivity index (χ1) is 8.61. The number of nitrogens with one attached hydrogen (secondary N) is 1. The van der Waals surface area contributed by atoms with E-state index in [0.717, 1.165) is 5.76 Å². The van der Waals surface area contributed by atoms with Crippen LogP contribution in [0.15, 0.2) is 34.7 Å². The van der Waals surface area contributed by atoms with Gasteiger partial charge in [-0.05, 0) is 37.1 Å². The quantitative estimate of drug-likeness (QED) is 0.662. The number of hydrogen-bond acceptors (Lipinski definition) is 3. The second kappa shape index (κ2) is 5.52. The Hall–Kier alpha value is -1.36. The summed E-state index contributed by atoms with van der Waals surface area (Å²) in [6, 6.07) is 8.18. The van der Waals surface area contributed by atoms with Gasteiger partial charge in [0, 0.05) is 0 Å². The van der Waals surface area contributed by atoms with E-state index in [1.165, 1.54) is 6.07 Å². The molecular formula is C13H14ClFN2O. The molecule has 5 heteroatoms. The molecule has 1 aromatic carbocycles. The van der Waals surface area contributed by atoms with Crippen LogP contribution in [0.5, 0.6) is 0 Å². The first-order valence-corrected chi connectivity index (χ1v) is 5.95. The number of halogens is 2. The standard InChI is InChI=1S/C13H14ClFN2O/c1-8-5-6-12(18-8)11(17-16)7-9-3-2-4-10(15)13(9)14/h2-6,11,17H,7,16H2,1H3. The zero-order valence-electron chi connectivity index (χ0n) is 9.91. The summed E-state index contributed by atoms with van der Waals surface area (Å²) >= 11 is 5.91. The molecule has 0 fully saturated rings. The maximum Gasteiger partial charge on any atom is 0.142 e. The summed E-state index contributed by atoms with van der Waals surface area (Å²) in [4.78, 5) is 0. The summed E-state index contributed by atoms with van der Waals surface area (Å²) in [6.07, 6.45) is 0.458. The van der Waals surface area contributed by atoms with Crippen LogP contribution in [0.4, 0.5) is 4.39 Å². The maximum absolute atomic E-state index is 13.3.